The Morgan fingerprint density at radius 3 is 2.35 bits per heavy atom. The smallest absolute Gasteiger partial charge is 0.0678 e. The van der Waals surface area contributed by atoms with Gasteiger partial charge in [-0.05, 0) is 46.2 Å². The van der Waals surface area contributed by atoms with Crippen LogP contribution in [0.1, 0.15) is 41.0 Å². The zero-order valence-corrected chi connectivity index (χ0v) is 12.2. The third-order valence-electron chi connectivity index (χ3n) is 3.74. The highest BCUT2D eigenvalue weighted by Gasteiger charge is 2.27. The molecule has 0 aromatic heterocycles. The first-order valence-electron chi connectivity index (χ1n) is 7.14. The van der Waals surface area contributed by atoms with Crippen LogP contribution in [0.5, 0.6) is 0 Å². The van der Waals surface area contributed by atoms with Crippen molar-refractivity contribution >= 4 is 0 Å². The third kappa shape index (κ3) is 4.94. The van der Waals surface area contributed by atoms with Gasteiger partial charge < -0.3 is 10.1 Å². The van der Waals surface area contributed by atoms with Crippen molar-refractivity contribution in [3.63, 3.8) is 0 Å². The predicted octanol–water partition coefficient (Wildman–Crippen LogP) is 2.12. The third-order valence-corrected chi connectivity index (χ3v) is 3.74. The summed E-state index contributed by atoms with van der Waals surface area (Å²) in [5, 5.41) is 3.52. The summed E-state index contributed by atoms with van der Waals surface area (Å²) >= 11 is 0. The van der Waals surface area contributed by atoms with Gasteiger partial charge in [-0.15, -0.1) is 0 Å². The van der Waals surface area contributed by atoms with E-state index in [1.54, 1.807) is 0 Å². The molecule has 0 amide bonds. The van der Waals surface area contributed by atoms with E-state index in [9.17, 15) is 0 Å². The van der Waals surface area contributed by atoms with Gasteiger partial charge in [-0.3, -0.25) is 4.90 Å². The first-order valence-corrected chi connectivity index (χ1v) is 7.14. The quantitative estimate of drug-likeness (QED) is 0.722. The summed E-state index contributed by atoms with van der Waals surface area (Å²) in [7, 11) is 0. The average Bonchev–Trinajstić information content (AvgIpc) is 2.27. The van der Waals surface area contributed by atoms with Gasteiger partial charge >= 0.3 is 0 Å². The molecule has 1 heterocycles. The van der Waals surface area contributed by atoms with Crippen LogP contribution in [0.15, 0.2) is 0 Å². The molecule has 17 heavy (non-hydrogen) atoms. The Bertz CT molecular complexity index is 200. The van der Waals surface area contributed by atoms with Gasteiger partial charge in [0.15, 0.2) is 0 Å². The van der Waals surface area contributed by atoms with Crippen LogP contribution in [0.3, 0.4) is 0 Å². The van der Waals surface area contributed by atoms with Crippen molar-refractivity contribution in [2.45, 2.75) is 59.3 Å². The van der Waals surface area contributed by atoms with Gasteiger partial charge in [0.1, 0.15) is 0 Å². The molecule has 1 aliphatic heterocycles. The molecule has 0 radical (unpaired) electrons. The van der Waals surface area contributed by atoms with E-state index >= 15 is 0 Å². The second-order valence-electron chi connectivity index (χ2n) is 5.63. The van der Waals surface area contributed by atoms with Crippen LogP contribution in [0.4, 0.5) is 0 Å². The van der Waals surface area contributed by atoms with Crippen LogP contribution in [0.2, 0.25) is 0 Å². The van der Waals surface area contributed by atoms with E-state index in [0.29, 0.717) is 24.2 Å². The predicted molar refractivity (Wildman–Crippen MR) is 73.4 cm³/mol. The van der Waals surface area contributed by atoms with Gasteiger partial charge in [0.2, 0.25) is 0 Å². The van der Waals surface area contributed by atoms with Crippen molar-refractivity contribution in [1.29, 1.82) is 0 Å². The van der Waals surface area contributed by atoms with Crippen molar-refractivity contribution < 1.29 is 4.74 Å². The molecule has 0 spiro atoms. The Kier molecular flexibility index (Phi) is 6.45. The summed E-state index contributed by atoms with van der Waals surface area (Å²) in [5.74, 6) is 0.694. The van der Waals surface area contributed by atoms with Crippen LogP contribution in [-0.4, -0.2) is 49.3 Å². The van der Waals surface area contributed by atoms with E-state index in [0.717, 1.165) is 26.2 Å². The Morgan fingerprint density at radius 1 is 1.24 bits per heavy atom. The number of nitrogens with zero attached hydrogens (tertiary/aromatic N) is 1. The molecule has 0 bridgehead atoms. The number of hydrogen-bond donors (Lipinski definition) is 1. The van der Waals surface area contributed by atoms with E-state index in [1.807, 2.05) is 0 Å². The highest BCUT2D eigenvalue weighted by Crippen LogP contribution is 2.17. The van der Waals surface area contributed by atoms with E-state index in [4.69, 9.17) is 4.74 Å². The average molecular weight is 242 g/mol. The summed E-state index contributed by atoms with van der Waals surface area (Å²) in [6.07, 6.45) is 1.96. The van der Waals surface area contributed by atoms with E-state index in [-0.39, 0.29) is 0 Å². The zero-order valence-electron chi connectivity index (χ0n) is 12.2. The normalized spacial score (nSPS) is 30.2. The lowest BCUT2D eigenvalue weighted by Gasteiger charge is -2.41. The van der Waals surface area contributed by atoms with Gasteiger partial charge in [0.05, 0.1) is 12.2 Å². The van der Waals surface area contributed by atoms with Crippen molar-refractivity contribution in [3.05, 3.63) is 0 Å². The van der Waals surface area contributed by atoms with Crippen LogP contribution < -0.4 is 5.32 Å². The van der Waals surface area contributed by atoms with Crippen molar-refractivity contribution in [3.8, 4) is 0 Å². The fourth-order valence-electron chi connectivity index (χ4n) is 2.59. The van der Waals surface area contributed by atoms with E-state index in [2.05, 4.69) is 44.8 Å². The fourth-order valence-corrected chi connectivity index (χ4v) is 2.59. The second-order valence-corrected chi connectivity index (χ2v) is 5.63. The van der Waals surface area contributed by atoms with Gasteiger partial charge in [-0.1, -0.05) is 13.8 Å². The lowest BCUT2D eigenvalue weighted by atomic mass is 10.0. The van der Waals surface area contributed by atoms with Crippen molar-refractivity contribution in [1.82, 2.24) is 10.2 Å². The largest absolute Gasteiger partial charge is 0.373 e. The van der Waals surface area contributed by atoms with Gasteiger partial charge in [0.25, 0.3) is 0 Å². The Morgan fingerprint density at radius 2 is 1.82 bits per heavy atom. The molecule has 1 fully saturated rings. The Hall–Kier alpha value is -0.120. The summed E-state index contributed by atoms with van der Waals surface area (Å²) in [4.78, 5) is 2.58. The molecule has 1 rings (SSSR count). The topological polar surface area (TPSA) is 24.5 Å². The first kappa shape index (κ1) is 14.9. The highest BCUT2D eigenvalue weighted by molar-refractivity contribution is 4.81. The molecule has 4 unspecified atom stereocenters. The molecule has 3 heteroatoms. The highest BCUT2D eigenvalue weighted by atomic mass is 16.5. The number of morpholine rings is 1. The maximum Gasteiger partial charge on any atom is 0.0678 e. The van der Waals surface area contributed by atoms with Crippen LogP contribution in [0, 0.1) is 5.92 Å². The van der Waals surface area contributed by atoms with Crippen molar-refractivity contribution in [2.24, 2.45) is 5.92 Å². The fraction of sp³-hybridized carbons (Fsp3) is 1.00. The molecule has 0 aromatic carbocycles. The second kappa shape index (κ2) is 7.34. The molecule has 0 aliphatic carbocycles. The maximum absolute atomic E-state index is 5.79. The molecular formula is C14H30N2O. The molecule has 4 atom stereocenters. The molecule has 1 saturated heterocycles. The molecule has 1 N–H and O–H groups in total. The van der Waals surface area contributed by atoms with Crippen LogP contribution >= 0.6 is 0 Å². The van der Waals surface area contributed by atoms with Crippen molar-refractivity contribution in [2.75, 3.05) is 26.2 Å². The minimum atomic E-state index is 0.372. The SMILES string of the molecule is CCCNCC(C)C(C)N1CC(C)OC(C)C1. The molecule has 3 nitrogen and oxygen atoms in total. The van der Waals surface area contributed by atoms with Gasteiger partial charge in [-0.25, -0.2) is 0 Å². The number of rotatable bonds is 6. The summed E-state index contributed by atoms with van der Waals surface area (Å²) < 4.78 is 5.79. The standard InChI is InChI=1S/C14H30N2O/c1-6-7-15-8-11(2)14(5)16-9-12(3)17-13(4)10-16/h11-15H,6-10H2,1-5H3. The molecular weight excluding hydrogens is 212 g/mol. The lowest BCUT2D eigenvalue weighted by Crippen LogP contribution is -2.52. The lowest BCUT2D eigenvalue weighted by molar-refractivity contribution is -0.0837. The summed E-state index contributed by atoms with van der Waals surface area (Å²) in [6.45, 7) is 15.7. The zero-order chi connectivity index (χ0) is 12.8. The molecule has 0 saturated carbocycles. The van der Waals surface area contributed by atoms with E-state index in [1.165, 1.54) is 6.42 Å². The minimum Gasteiger partial charge on any atom is -0.373 e. The Balaban J connectivity index is 2.36. The van der Waals surface area contributed by atoms with Gasteiger partial charge in [-0.2, -0.15) is 0 Å². The van der Waals surface area contributed by atoms with Gasteiger partial charge in [0, 0.05) is 19.1 Å². The van der Waals surface area contributed by atoms with Crippen LogP contribution in [-0.2, 0) is 4.74 Å². The Labute approximate surface area is 107 Å². The molecule has 0 aromatic rings. The molecule has 1 aliphatic rings. The van der Waals surface area contributed by atoms with Crippen LogP contribution in [0.25, 0.3) is 0 Å². The number of ether oxygens (including phenoxy) is 1. The van der Waals surface area contributed by atoms with E-state index < -0.39 is 0 Å². The maximum atomic E-state index is 5.79. The minimum absolute atomic E-state index is 0.372. The number of nitrogens with one attached hydrogen (secondary N) is 1. The summed E-state index contributed by atoms with van der Waals surface area (Å²) in [6, 6.07) is 0.633. The monoisotopic (exact) mass is 242 g/mol. The molecule has 102 valence electrons. The number of hydrogen-bond acceptors (Lipinski definition) is 3. The first-order chi connectivity index (χ1) is 8.04. The summed E-state index contributed by atoms with van der Waals surface area (Å²) in [5.41, 5.74) is 0.